The van der Waals surface area contributed by atoms with E-state index in [1.165, 1.54) is 9.80 Å². The van der Waals surface area contributed by atoms with Crippen LogP contribution in [-0.4, -0.2) is 99.6 Å². The monoisotopic (exact) mass is 825 g/mol. The van der Waals surface area contributed by atoms with Crippen LogP contribution >= 0.6 is 0 Å². The van der Waals surface area contributed by atoms with Gasteiger partial charge in [-0.2, -0.15) is 0 Å². The molecule has 0 aliphatic carbocycles. The predicted molar refractivity (Wildman–Crippen MR) is 204 cm³/mol. The number of nitrogens with one attached hydrogen (secondary N) is 4. The summed E-state index contributed by atoms with van der Waals surface area (Å²) in [7, 11) is 6.75. The van der Waals surface area contributed by atoms with E-state index in [0.29, 0.717) is 0 Å². The minimum absolute atomic E-state index is 0. The minimum Gasteiger partial charge on any atom is -0.548 e. The topological polar surface area (TPSA) is 228 Å². The van der Waals surface area contributed by atoms with Gasteiger partial charge in [0, 0.05) is 28.2 Å². The Kier molecular flexibility index (Phi) is 18.3. The average molecular weight is 826 g/mol. The summed E-state index contributed by atoms with van der Waals surface area (Å²) < 4.78 is 0. The van der Waals surface area contributed by atoms with Gasteiger partial charge in [-0.05, 0) is 22.3 Å². The number of carbonyl (C=O) groups excluding carboxylic acids is 6. The molecule has 0 spiro atoms. The van der Waals surface area contributed by atoms with Crippen molar-refractivity contribution in [3.8, 4) is 0 Å². The number of carbonyl (C=O) groups is 6. The Labute approximate surface area is 340 Å². The van der Waals surface area contributed by atoms with E-state index in [1.807, 2.05) is 121 Å². The molecule has 57 heavy (non-hydrogen) atoms. The Morgan fingerprint density at radius 2 is 0.772 bits per heavy atom. The molecule has 0 bridgehead atoms. The molecule has 16 nitrogen and oxygen atoms in total. The SMILES string of the molecule is CN(C)C=O.CN(C)C=O.O=C([O-])CN=C1NC(=O)C(c2ccccc2)(c2ccccc2)N1.O=C([O-])CN=C1NC(=O)C(c2ccccc2)(c2ccccc2)N1.[Cu+2]. The van der Waals surface area contributed by atoms with Crippen molar-refractivity contribution in [1.29, 1.82) is 0 Å². The van der Waals surface area contributed by atoms with Gasteiger partial charge in [-0.15, -0.1) is 0 Å². The second kappa shape index (κ2) is 22.5. The van der Waals surface area contributed by atoms with Crippen LogP contribution in [-0.2, 0) is 56.9 Å². The molecule has 2 aliphatic heterocycles. The van der Waals surface area contributed by atoms with E-state index in [0.717, 1.165) is 35.1 Å². The van der Waals surface area contributed by atoms with Crippen LogP contribution in [0.4, 0.5) is 0 Å². The second-order valence-electron chi connectivity index (χ2n) is 12.3. The first kappa shape index (κ1) is 46.3. The summed E-state index contributed by atoms with van der Waals surface area (Å²) in [6.45, 7) is -1.05. The van der Waals surface area contributed by atoms with Gasteiger partial charge < -0.3 is 40.2 Å². The van der Waals surface area contributed by atoms with Gasteiger partial charge in [-0.25, -0.2) is 9.98 Å². The van der Waals surface area contributed by atoms with E-state index < -0.39 is 36.1 Å². The van der Waals surface area contributed by atoms with Crippen LogP contribution in [0.2, 0.25) is 0 Å². The van der Waals surface area contributed by atoms with Crippen molar-refractivity contribution in [3.63, 3.8) is 0 Å². The number of hydrogen-bond donors (Lipinski definition) is 4. The summed E-state index contributed by atoms with van der Waals surface area (Å²) in [5.41, 5.74) is 0.662. The summed E-state index contributed by atoms with van der Waals surface area (Å²) in [5, 5.41) is 32.5. The Hall–Kier alpha value is -6.84. The summed E-state index contributed by atoms with van der Waals surface area (Å²) in [6.07, 6.45) is 1.50. The molecule has 2 fully saturated rings. The van der Waals surface area contributed by atoms with Crippen LogP contribution in [0.15, 0.2) is 131 Å². The molecule has 0 atom stereocenters. The van der Waals surface area contributed by atoms with E-state index in [9.17, 15) is 39.0 Å². The van der Waals surface area contributed by atoms with Gasteiger partial charge in [-0.3, -0.25) is 29.8 Å². The number of aliphatic carboxylic acids is 2. The number of hydrogen-bond acceptors (Lipinski definition) is 10. The number of guanidine groups is 2. The summed E-state index contributed by atoms with van der Waals surface area (Å²) in [5.74, 6) is -3.02. The van der Waals surface area contributed by atoms with Crippen molar-refractivity contribution in [2.75, 3.05) is 41.3 Å². The first-order chi connectivity index (χ1) is 26.8. The number of nitrogens with zero attached hydrogens (tertiary/aromatic N) is 4. The van der Waals surface area contributed by atoms with E-state index in [2.05, 4.69) is 31.3 Å². The predicted octanol–water partition coefficient (Wildman–Crippen LogP) is -1.08. The maximum atomic E-state index is 12.7. The van der Waals surface area contributed by atoms with Crippen LogP contribution in [0.1, 0.15) is 22.3 Å². The van der Waals surface area contributed by atoms with Crippen LogP contribution in [0, 0.1) is 0 Å². The largest absolute Gasteiger partial charge is 2.00 e. The summed E-state index contributed by atoms with van der Waals surface area (Å²) in [4.78, 5) is 76.0. The molecule has 17 heteroatoms. The zero-order chi connectivity index (χ0) is 41.1. The quantitative estimate of drug-likeness (QED) is 0.112. The maximum Gasteiger partial charge on any atom is 2.00 e. The number of aliphatic imine (C=N–C) groups is 2. The Morgan fingerprint density at radius 3 is 0.965 bits per heavy atom. The molecule has 0 unspecified atom stereocenters. The van der Waals surface area contributed by atoms with Crippen molar-refractivity contribution in [1.82, 2.24) is 31.1 Å². The first-order valence-corrected chi connectivity index (χ1v) is 16.9. The standard InChI is InChI=1S/2C17H15N3O3.2C3H7NO.Cu/c2*21-14(22)11-18-16-19-15(23)17(20-16,12-7-3-1-4-8-12)13-9-5-2-6-10-13;2*1-4(2)3-5;/h2*1-10H,11H2,(H,21,22)(H2,18,19,20,23);2*3H,1-2H3;/q;;;;+2/p-2. The van der Waals surface area contributed by atoms with Gasteiger partial charge in [0.05, 0.1) is 25.0 Å². The molecule has 6 rings (SSSR count). The molecule has 0 saturated carbocycles. The minimum atomic E-state index is -1.31. The number of carboxylic acid groups (broad SMARTS) is 2. The van der Waals surface area contributed by atoms with Gasteiger partial charge >= 0.3 is 17.1 Å². The summed E-state index contributed by atoms with van der Waals surface area (Å²) >= 11 is 0. The average Bonchev–Trinajstić information content (AvgIpc) is 3.74. The smallest absolute Gasteiger partial charge is 0.548 e. The van der Waals surface area contributed by atoms with Crippen molar-refractivity contribution >= 4 is 48.5 Å². The molecule has 1 radical (unpaired) electrons. The van der Waals surface area contributed by atoms with Gasteiger partial charge in [0.25, 0.3) is 11.8 Å². The Bertz CT molecular complexity index is 1780. The molecule has 301 valence electrons. The molecule has 2 heterocycles. The molecular weight excluding hydrogens is 784 g/mol. The normalized spacial score (nSPS) is 15.4. The van der Waals surface area contributed by atoms with E-state index in [4.69, 9.17) is 0 Å². The van der Waals surface area contributed by atoms with Crippen molar-refractivity contribution in [3.05, 3.63) is 144 Å². The Morgan fingerprint density at radius 1 is 0.544 bits per heavy atom. The van der Waals surface area contributed by atoms with Crippen LogP contribution in [0.25, 0.3) is 0 Å². The molecular formula is C40H42CuN8O8. The fraction of sp³-hybridized carbons (Fsp3) is 0.200. The van der Waals surface area contributed by atoms with Crippen molar-refractivity contribution in [2.24, 2.45) is 9.98 Å². The third kappa shape index (κ3) is 12.6. The number of benzene rings is 4. The molecule has 4 N–H and O–H groups in total. The van der Waals surface area contributed by atoms with Crippen LogP contribution in [0.5, 0.6) is 0 Å². The second-order valence-corrected chi connectivity index (χ2v) is 12.3. The van der Waals surface area contributed by atoms with Gasteiger partial charge in [0.2, 0.25) is 12.8 Å². The van der Waals surface area contributed by atoms with Crippen LogP contribution < -0.4 is 31.5 Å². The van der Waals surface area contributed by atoms with E-state index >= 15 is 0 Å². The van der Waals surface area contributed by atoms with Gasteiger partial charge in [0.1, 0.15) is 0 Å². The molecule has 2 aliphatic rings. The number of carboxylic acids is 2. The van der Waals surface area contributed by atoms with Gasteiger partial charge in [-0.1, -0.05) is 121 Å². The zero-order valence-electron chi connectivity index (χ0n) is 31.5. The molecule has 2 saturated heterocycles. The number of amides is 4. The van der Waals surface area contributed by atoms with E-state index in [1.54, 1.807) is 28.2 Å². The molecule has 4 aromatic carbocycles. The fourth-order valence-electron chi connectivity index (χ4n) is 5.28. The van der Waals surface area contributed by atoms with E-state index in [-0.39, 0.29) is 40.8 Å². The first-order valence-electron chi connectivity index (χ1n) is 16.9. The van der Waals surface area contributed by atoms with Crippen LogP contribution in [0.3, 0.4) is 0 Å². The fourth-order valence-corrected chi connectivity index (χ4v) is 5.28. The van der Waals surface area contributed by atoms with Crippen molar-refractivity contribution < 1.29 is 56.0 Å². The third-order valence-corrected chi connectivity index (χ3v) is 7.74. The molecule has 4 aromatic rings. The molecule has 4 amide bonds. The number of rotatable bonds is 10. The summed E-state index contributed by atoms with van der Waals surface area (Å²) in [6, 6.07) is 36.8. The maximum absolute atomic E-state index is 12.7. The van der Waals surface area contributed by atoms with Gasteiger partial charge in [0.15, 0.2) is 23.0 Å². The third-order valence-electron chi connectivity index (χ3n) is 7.74. The zero-order valence-corrected chi connectivity index (χ0v) is 32.4. The van der Waals surface area contributed by atoms with Crippen molar-refractivity contribution in [2.45, 2.75) is 11.1 Å². The Balaban J connectivity index is 0.000000314. The molecule has 0 aromatic heterocycles.